The summed E-state index contributed by atoms with van der Waals surface area (Å²) < 4.78 is 5.71. The molecule has 2 amide bonds. The molecule has 0 bridgehead atoms. The molecule has 1 aliphatic heterocycles. The third-order valence-electron chi connectivity index (χ3n) is 6.81. The van der Waals surface area contributed by atoms with Gasteiger partial charge in [-0.25, -0.2) is 9.69 Å². The lowest BCUT2D eigenvalue weighted by molar-refractivity contribution is -0.136. The van der Waals surface area contributed by atoms with Crippen molar-refractivity contribution in [2.75, 3.05) is 0 Å². The van der Waals surface area contributed by atoms with Crippen LogP contribution < -0.4 is 0 Å². The summed E-state index contributed by atoms with van der Waals surface area (Å²) in [6.45, 7) is 10.6. The second-order valence-corrected chi connectivity index (χ2v) is 8.82. The Morgan fingerprint density at radius 1 is 1.15 bits per heavy atom. The quantitative estimate of drug-likeness (QED) is 0.685. The third-order valence-corrected chi connectivity index (χ3v) is 6.81. The van der Waals surface area contributed by atoms with Gasteiger partial charge in [-0.3, -0.25) is 4.79 Å². The highest BCUT2D eigenvalue weighted by Gasteiger charge is 2.59. The molecule has 3 aliphatic rings. The number of hydrogen-bond donors (Lipinski definition) is 0. The number of ether oxygens (including phenoxy) is 1. The zero-order valence-electron chi connectivity index (χ0n) is 16.2. The lowest BCUT2D eigenvalue weighted by Crippen LogP contribution is -2.50. The van der Waals surface area contributed by atoms with Crippen LogP contribution in [0.15, 0.2) is 35.4 Å². The van der Waals surface area contributed by atoms with E-state index in [1.165, 1.54) is 21.6 Å². The van der Waals surface area contributed by atoms with Crippen LogP contribution in [0.4, 0.5) is 4.79 Å². The van der Waals surface area contributed by atoms with Crippen molar-refractivity contribution in [3.63, 3.8) is 0 Å². The average molecular weight is 353 g/mol. The van der Waals surface area contributed by atoms with E-state index < -0.39 is 6.09 Å². The number of carbonyl (C=O) groups is 2. The van der Waals surface area contributed by atoms with Gasteiger partial charge < -0.3 is 4.74 Å². The molecule has 2 aliphatic carbocycles. The van der Waals surface area contributed by atoms with Crippen molar-refractivity contribution in [2.24, 2.45) is 11.8 Å². The van der Waals surface area contributed by atoms with E-state index in [0.717, 1.165) is 18.4 Å². The first-order valence-electron chi connectivity index (χ1n) is 9.51. The fourth-order valence-electron chi connectivity index (χ4n) is 5.15. The van der Waals surface area contributed by atoms with E-state index in [1.54, 1.807) is 0 Å². The molecule has 4 heteroatoms. The minimum atomic E-state index is -0.483. The summed E-state index contributed by atoms with van der Waals surface area (Å²) in [6, 6.07) is 7.82. The summed E-state index contributed by atoms with van der Waals surface area (Å²) in [5.74, 6) is 0.0252. The van der Waals surface area contributed by atoms with Crippen LogP contribution in [0.5, 0.6) is 0 Å². The molecule has 1 heterocycles. The van der Waals surface area contributed by atoms with Gasteiger partial charge in [0.25, 0.3) is 0 Å². The van der Waals surface area contributed by atoms with Gasteiger partial charge in [-0.2, -0.15) is 0 Å². The largest absolute Gasteiger partial charge is 0.439 e. The zero-order valence-corrected chi connectivity index (χ0v) is 16.2. The normalized spacial score (nSPS) is 32.3. The van der Waals surface area contributed by atoms with Crippen LogP contribution in [0.25, 0.3) is 0 Å². The Hall–Kier alpha value is -2.10. The lowest BCUT2D eigenvalue weighted by atomic mass is 9.76. The monoisotopic (exact) mass is 353 g/mol. The van der Waals surface area contributed by atoms with Crippen molar-refractivity contribution in [1.82, 2.24) is 4.90 Å². The number of imide groups is 1. The zero-order chi connectivity index (χ0) is 18.8. The van der Waals surface area contributed by atoms with Gasteiger partial charge >= 0.3 is 6.09 Å². The number of rotatable bonds is 1. The molecule has 1 saturated heterocycles. The molecule has 1 aromatic carbocycles. The number of benzene rings is 1. The topological polar surface area (TPSA) is 46.6 Å². The second kappa shape index (κ2) is 5.70. The van der Waals surface area contributed by atoms with Crippen molar-refractivity contribution < 1.29 is 14.3 Å². The average Bonchev–Trinajstić information content (AvgIpc) is 3.04. The Labute approximate surface area is 155 Å². The van der Waals surface area contributed by atoms with Crippen LogP contribution in [0.3, 0.4) is 0 Å². The summed E-state index contributed by atoms with van der Waals surface area (Å²) in [7, 11) is 0. The minimum Gasteiger partial charge on any atom is -0.439 e. The van der Waals surface area contributed by atoms with Gasteiger partial charge in [0.05, 0.1) is 6.04 Å². The van der Waals surface area contributed by atoms with Crippen molar-refractivity contribution in [1.29, 1.82) is 0 Å². The van der Waals surface area contributed by atoms with Gasteiger partial charge in [0.2, 0.25) is 5.91 Å². The Bertz CT molecular complexity index is 822. The number of carbonyl (C=O) groups excluding carboxylic acids is 2. The maximum absolute atomic E-state index is 13.5. The standard InChI is InChI=1S/C22H27NO3/c1-12-10-14(3)16(11-13(12)2)20(24)23-19-18(26-21(23)25)15-8-6-7-9-17(15)22(19,4)5/h6-9,14,16,18-19H,10-11H2,1-5H3/t14-,16-,18+,19+/m0/s1. The number of amides is 2. The molecule has 0 saturated carbocycles. The fraction of sp³-hybridized carbons (Fsp3) is 0.545. The van der Waals surface area contributed by atoms with E-state index in [4.69, 9.17) is 4.74 Å². The highest BCUT2D eigenvalue weighted by molar-refractivity contribution is 5.96. The molecular formula is C22H27NO3. The van der Waals surface area contributed by atoms with Crippen LogP contribution in [-0.2, 0) is 14.9 Å². The summed E-state index contributed by atoms with van der Waals surface area (Å²) in [5.41, 5.74) is 4.54. The van der Waals surface area contributed by atoms with Crippen molar-refractivity contribution in [3.8, 4) is 0 Å². The fourth-order valence-corrected chi connectivity index (χ4v) is 5.15. The minimum absolute atomic E-state index is 0.0669. The summed E-state index contributed by atoms with van der Waals surface area (Å²) in [6.07, 6.45) is 0.821. The molecule has 0 spiro atoms. The predicted molar refractivity (Wildman–Crippen MR) is 99.6 cm³/mol. The molecule has 0 aromatic heterocycles. The third kappa shape index (κ3) is 2.27. The molecule has 0 N–H and O–H groups in total. The molecule has 1 fully saturated rings. The highest BCUT2D eigenvalue weighted by Crippen LogP contribution is 2.53. The van der Waals surface area contributed by atoms with Crippen molar-refractivity contribution in [2.45, 2.75) is 65.0 Å². The first-order valence-corrected chi connectivity index (χ1v) is 9.51. The summed E-state index contributed by atoms with van der Waals surface area (Å²) in [5, 5.41) is 0. The van der Waals surface area contributed by atoms with E-state index in [2.05, 4.69) is 40.7 Å². The lowest BCUT2D eigenvalue weighted by Gasteiger charge is -2.36. The molecule has 138 valence electrons. The molecule has 26 heavy (non-hydrogen) atoms. The van der Waals surface area contributed by atoms with E-state index in [0.29, 0.717) is 0 Å². The van der Waals surface area contributed by atoms with E-state index in [-0.39, 0.29) is 35.3 Å². The Morgan fingerprint density at radius 3 is 2.54 bits per heavy atom. The maximum Gasteiger partial charge on any atom is 0.417 e. The molecule has 4 nitrogen and oxygen atoms in total. The van der Waals surface area contributed by atoms with Gasteiger partial charge in [-0.05, 0) is 43.7 Å². The number of fused-ring (bicyclic) bond motifs is 3. The predicted octanol–water partition coefficient (Wildman–Crippen LogP) is 4.75. The maximum atomic E-state index is 13.5. The number of nitrogens with zero attached hydrogens (tertiary/aromatic N) is 1. The van der Waals surface area contributed by atoms with E-state index in [1.807, 2.05) is 18.2 Å². The molecule has 0 radical (unpaired) electrons. The van der Waals surface area contributed by atoms with Gasteiger partial charge in [0, 0.05) is 11.3 Å². The van der Waals surface area contributed by atoms with Crippen LogP contribution in [0.2, 0.25) is 0 Å². The van der Waals surface area contributed by atoms with Crippen LogP contribution in [-0.4, -0.2) is 22.9 Å². The van der Waals surface area contributed by atoms with Crippen LogP contribution >= 0.6 is 0 Å². The Balaban J connectivity index is 1.70. The number of allylic oxidation sites excluding steroid dienone is 2. The molecule has 0 unspecified atom stereocenters. The van der Waals surface area contributed by atoms with Gasteiger partial charge in [0.15, 0.2) is 6.10 Å². The molecule has 4 atom stereocenters. The van der Waals surface area contributed by atoms with Gasteiger partial charge in [-0.15, -0.1) is 0 Å². The summed E-state index contributed by atoms with van der Waals surface area (Å²) in [4.78, 5) is 27.6. The van der Waals surface area contributed by atoms with Crippen LogP contribution in [0.1, 0.15) is 64.7 Å². The Kier molecular flexibility index (Phi) is 3.80. The van der Waals surface area contributed by atoms with E-state index >= 15 is 0 Å². The van der Waals surface area contributed by atoms with Crippen molar-refractivity contribution in [3.05, 3.63) is 46.5 Å². The second-order valence-electron chi connectivity index (χ2n) is 8.82. The first-order chi connectivity index (χ1) is 12.2. The highest BCUT2D eigenvalue weighted by atomic mass is 16.6. The summed E-state index contributed by atoms with van der Waals surface area (Å²) >= 11 is 0. The van der Waals surface area contributed by atoms with Gasteiger partial charge in [-0.1, -0.05) is 56.2 Å². The van der Waals surface area contributed by atoms with Crippen molar-refractivity contribution >= 4 is 12.0 Å². The Morgan fingerprint density at radius 2 is 1.81 bits per heavy atom. The van der Waals surface area contributed by atoms with Crippen LogP contribution in [0, 0.1) is 11.8 Å². The molecule has 1 aromatic rings. The number of hydrogen-bond acceptors (Lipinski definition) is 3. The smallest absolute Gasteiger partial charge is 0.417 e. The molecule has 4 rings (SSSR count). The van der Waals surface area contributed by atoms with E-state index in [9.17, 15) is 9.59 Å². The SMILES string of the molecule is CC1=C(C)C[C@H](C)[C@@H](C(=O)N2C(=O)O[C@@H]3c4ccccc4C(C)(C)[C@@H]32)C1. The first kappa shape index (κ1) is 17.3. The molecular weight excluding hydrogens is 326 g/mol. The van der Waals surface area contributed by atoms with Gasteiger partial charge in [0.1, 0.15) is 0 Å².